The summed E-state index contributed by atoms with van der Waals surface area (Å²) in [4.78, 5) is 51.8. The molecule has 0 aliphatic carbocycles. The molecule has 3 atom stereocenters. The minimum Gasteiger partial charge on any atom is -0.502 e. The number of hydrogen-bond donors (Lipinski definition) is 1. The first-order valence-corrected chi connectivity index (χ1v) is 13.9. The van der Waals surface area contributed by atoms with E-state index in [1.165, 1.54) is 46.5 Å². The van der Waals surface area contributed by atoms with E-state index in [0.717, 1.165) is 12.1 Å². The quantitative estimate of drug-likeness (QED) is 0.288. The highest BCUT2D eigenvalue weighted by molar-refractivity contribution is 5.74. The maximum absolute atomic E-state index is 13.0. The number of pyridine rings is 1. The van der Waals surface area contributed by atoms with Crippen molar-refractivity contribution in [1.29, 1.82) is 0 Å². The van der Waals surface area contributed by atoms with Crippen LogP contribution in [-0.4, -0.2) is 60.9 Å². The average molecular weight is 595 g/mol. The Balaban J connectivity index is 1.51. The van der Waals surface area contributed by atoms with Gasteiger partial charge in [-0.1, -0.05) is 6.07 Å². The summed E-state index contributed by atoms with van der Waals surface area (Å²) in [6.45, 7) is 3.52. The summed E-state index contributed by atoms with van der Waals surface area (Å²) in [7, 11) is 3.99. The van der Waals surface area contributed by atoms with Gasteiger partial charge in [0.05, 0.1) is 40.2 Å². The predicted molar refractivity (Wildman–Crippen MR) is 153 cm³/mol. The van der Waals surface area contributed by atoms with E-state index in [1.54, 1.807) is 12.1 Å². The summed E-state index contributed by atoms with van der Waals surface area (Å²) in [5, 5.41) is 10.9. The first kappa shape index (κ1) is 29.9. The van der Waals surface area contributed by atoms with Gasteiger partial charge >= 0.3 is 11.9 Å². The zero-order valence-corrected chi connectivity index (χ0v) is 24.5. The molecule has 2 aromatic heterocycles. The minimum absolute atomic E-state index is 0.000575. The number of benzene rings is 1. The van der Waals surface area contributed by atoms with Crippen LogP contribution in [-0.2, 0) is 27.4 Å². The smallest absolute Gasteiger partial charge is 0.308 e. The fourth-order valence-corrected chi connectivity index (χ4v) is 6.17. The van der Waals surface area contributed by atoms with E-state index in [-0.39, 0.29) is 53.4 Å². The molecule has 5 rings (SSSR count). The number of esters is 2. The van der Waals surface area contributed by atoms with Gasteiger partial charge in [-0.05, 0) is 36.1 Å². The minimum atomic E-state index is -0.978. The zero-order chi connectivity index (χ0) is 30.8. The highest BCUT2D eigenvalue weighted by Crippen LogP contribution is 2.44. The van der Waals surface area contributed by atoms with Crippen LogP contribution >= 0.6 is 0 Å². The number of likely N-dealkylation sites (tertiary alicyclic amines) is 1. The Kier molecular flexibility index (Phi) is 8.58. The van der Waals surface area contributed by atoms with Crippen molar-refractivity contribution in [2.24, 2.45) is 5.92 Å². The van der Waals surface area contributed by atoms with E-state index >= 15 is 0 Å². The van der Waals surface area contributed by atoms with Crippen molar-refractivity contribution in [1.82, 2.24) is 9.47 Å². The molecular formula is C31H34N2O10. The van der Waals surface area contributed by atoms with Crippen LogP contribution in [0, 0.1) is 5.92 Å². The van der Waals surface area contributed by atoms with Crippen molar-refractivity contribution in [2.45, 2.75) is 44.7 Å². The van der Waals surface area contributed by atoms with E-state index in [0.29, 0.717) is 31.0 Å². The molecule has 0 unspecified atom stereocenters. The Morgan fingerprint density at radius 2 is 1.77 bits per heavy atom. The molecule has 43 heavy (non-hydrogen) atoms. The number of methoxy groups -OCH3 is 3. The van der Waals surface area contributed by atoms with Crippen molar-refractivity contribution in [3.05, 3.63) is 79.8 Å². The lowest BCUT2D eigenvalue weighted by molar-refractivity contribution is -0.141. The number of fused-ring (bicyclic) bond motifs is 4. The van der Waals surface area contributed by atoms with Crippen LogP contribution in [0.1, 0.15) is 54.4 Å². The van der Waals surface area contributed by atoms with Gasteiger partial charge in [-0.15, -0.1) is 0 Å². The van der Waals surface area contributed by atoms with Crippen LogP contribution in [0.3, 0.4) is 0 Å². The van der Waals surface area contributed by atoms with Crippen LogP contribution in [0.2, 0.25) is 0 Å². The molecule has 12 nitrogen and oxygen atoms in total. The fraction of sp³-hybridized carbons (Fsp3) is 0.419. The van der Waals surface area contributed by atoms with Crippen molar-refractivity contribution in [3.63, 3.8) is 0 Å². The number of piperidine rings is 1. The highest BCUT2D eigenvalue weighted by atomic mass is 16.6. The maximum atomic E-state index is 13.0. The molecule has 228 valence electrons. The normalized spacial score (nSPS) is 18.3. The van der Waals surface area contributed by atoms with Crippen LogP contribution < -0.4 is 25.2 Å². The summed E-state index contributed by atoms with van der Waals surface area (Å²) in [6, 6.07) is 9.63. The molecule has 0 saturated carbocycles. The van der Waals surface area contributed by atoms with Gasteiger partial charge in [0, 0.05) is 50.3 Å². The molecule has 4 heterocycles. The van der Waals surface area contributed by atoms with Crippen molar-refractivity contribution in [2.75, 3.05) is 34.4 Å². The lowest BCUT2D eigenvalue weighted by Crippen LogP contribution is -2.46. The van der Waals surface area contributed by atoms with Gasteiger partial charge in [0.15, 0.2) is 17.3 Å². The Hall–Kier alpha value is -4.58. The number of aromatic hydroxyl groups is 1. The van der Waals surface area contributed by atoms with Crippen LogP contribution in [0.25, 0.3) is 0 Å². The first-order valence-electron chi connectivity index (χ1n) is 13.9. The Morgan fingerprint density at radius 3 is 2.42 bits per heavy atom. The van der Waals surface area contributed by atoms with Crippen molar-refractivity contribution < 1.29 is 38.1 Å². The molecule has 1 N–H and O–H groups in total. The summed E-state index contributed by atoms with van der Waals surface area (Å²) in [5.74, 6) is -1.89. The second-order valence-corrected chi connectivity index (χ2v) is 10.9. The summed E-state index contributed by atoms with van der Waals surface area (Å²) >= 11 is 0. The number of carbonyl (C=O) groups is 2. The molecule has 0 amide bonds. The van der Waals surface area contributed by atoms with Crippen LogP contribution in [0.4, 0.5) is 0 Å². The van der Waals surface area contributed by atoms with Gasteiger partial charge in [0.2, 0.25) is 16.9 Å². The molecule has 1 fully saturated rings. The topological polar surface area (TPSA) is 147 Å². The lowest BCUT2D eigenvalue weighted by Gasteiger charge is -2.42. The molecule has 3 aromatic rings. The number of carbonyl (C=O) groups excluding carboxylic acids is 2. The highest BCUT2D eigenvalue weighted by Gasteiger charge is 2.35. The van der Waals surface area contributed by atoms with E-state index in [4.69, 9.17) is 23.4 Å². The fourth-order valence-electron chi connectivity index (χ4n) is 6.17. The average Bonchev–Trinajstić information content (AvgIpc) is 2.98. The second-order valence-electron chi connectivity index (χ2n) is 10.9. The largest absolute Gasteiger partial charge is 0.502 e. The number of nitrogens with zero attached hydrogens (tertiary/aromatic N) is 2. The third kappa shape index (κ3) is 6.14. The Bertz CT molecular complexity index is 1630. The number of rotatable bonds is 9. The Labute approximate surface area is 247 Å². The molecule has 0 radical (unpaired) electrons. The van der Waals surface area contributed by atoms with Gasteiger partial charge in [0.25, 0.3) is 5.56 Å². The summed E-state index contributed by atoms with van der Waals surface area (Å²) in [5.41, 5.74) is 0.732. The van der Waals surface area contributed by atoms with Crippen LogP contribution in [0.5, 0.6) is 23.0 Å². The monoisotopic (exact) mass is 594 g/mol. The van der Waals surface area contributed by atoms with E-state index in [2.05, 4.69) is 4.90 Å². The van der Waals surface area contributed by atoms with Crippen LogP contribution in [0.15, 0.2) is 50.4 Å². The zero-order valence-electron chi connectivity index (χ0n) is 24.5. The molecule has 0 spiro atoms. The standard InChI is InChI=1S/C31H34N2O10/c1-17(34)42-31-25(39-2)9-19(10-26(31)40-3)22(12-28(37)41-4)30-29(38)24(35)11-21(43-30)16-32-13-18-8-20(15-32)23-6-5-7-27(36)33(23)14-18/h5-7,9-11,18,20,22,38H,8,12-16H2,1-4H3/t18-,20+,22+/m0/s1. The van der Waals surface area contributed by atoms with E-state index in [1.807, 2.05) is 10.6 Å². The molecule has 12 heteroatoms. The predicted octanol–water partition coefficient (Wildman–Crippen LogP) is 2.76. The Morgan fingerprint density at radius 1 is 1.05 bits per heavy atom. The second kappa shape index (κ2) is 12.3. The number of aromatic nitrogens is 1. The SMILES string of the molecule is COC(=O)C[C@H](c1cc(OC)c(OC(C)=O)c(OC)c1)c1oc(CN2C[C@@H]3C[C@H](C2)c2cccc(=O)n2C3)cc(=O)c1O. The first-order chi connectivity index (χ1) is 20.6. The van der Waals surface area contributed by atoms with Crippen molar-refractivity contribution >= 4 is 11.9 Å². The van der Waals surface area contributed by atoms with Gasteiger partial charge in [-0.25, -0.2) is 0 Å². The van der Waals surface area contributed by atoms with Gasteiger partial charge in [0.1, 0.15) is 5.76 Å². The van der Waals surface area contributed by atoms with Crippen molar-refractivity contribution in [3.8, 4) is 23.0 Å². The molecule has 2 aliphatic heterocycles. The molecule has 1 aromatic carbocycles. The number of hydrogen-bond acceptors (Lipinski definition) is 11. The van der Waals surface area contributed by atoms with Gasteiger partial charge in [-0.3, -0.25) is 24.1 Å². The van der Waals surface area contributed by atoms with Gasteiger partial charge < -0.3 is 33.0 Å². The number of ether oxygens (including phenoxy) is 4. The van der Waals surface area contributed by atoms with E-state index in [9.17, 15) is 24.3 Å². The molecule has 2 bridgehead atoms. The maximum Gasteiger partial charge on any atom is 0.308 e. The third-order valence-electron chi connectivity index (χ3n) is 7.98. The molecule has 2 aliphatic rings. The molecule has 1 saturated heterocycles. The third-order valence-corrected chi connectivity index (χ3v) is 7.98. The molecular weight excluding hydrogens is 560 g/mol. The summed E-state index contributed by atoms with van der Waals surface area (Å²) < 4.78 is 29.1. The van der Waals surface area contributed by atoms with Gasteiger partial charge in [-0.2, -0.15) is 0 Å². The van der Waals surface area contributed by atoms with E-state index < -0.39 is 29.0 Å². The summed E-state index contributed by atoms with van der Waals surface area (Å²) in [6.07, 6.45) is 0.689. The lowest BCUT2D eigenvalue weighted by atomic mass is 9.83.